The first-order valence-electron chi connectivity index (χ1n) is 9.94. The lowest BCUT2D eigenvalue weighted by Crippen LogP contribution is -2.47. The summed E-state index contributed by atoms with van der Waals surface area (Å²) in [6, 6.07) is -2.31. The first-order chi connectivity index (χ1) is 13.8. The summed E-state index contributed by atoms with van der Waals surface area (Å²) in [5, 5.41) is 23.5. The monoisotopic (exact) mass is 416 g/mol. The molecule has 2 atom stereocenters. The highest BCUT2D eigenvalue weighted by Gasteiger charge is 2.39. The molecule has 1 aliphatic carbocycles. The highest BCUT2D eigenvalue weighted by molar-refractivity contribution is 5.87. The molecule has 0 radical (unpaired) electrons. The highest BCUT2D eigenvalue weighted by atomic mass is 16.5. The van der Waals surface area contributed by atoms with Crippen molar-refractivity contribution in [2.75, 3.05) is 26.4 Å². The van der Waals surface area contributed by atoms with E-state index < -0.39 is 54.5 Å². The number of rotatable bonds is 12. The molecule has 10 nitrogen and oxygen atoms in total. The molecular formula is C19H32N2O8. The van der Waals surface area contributed by atoms with Gasteiger partial charge in [-0.2, -0.15) is 0 Å². The Balaban J connectivity index is 2.71. The van der Waals surface area contributed by atoms with Gasteiger partial charge in [0, 0.05) is 12.8 Å². The second kappa shape index (κ2) is 12.4. The van der Waals surface area contributed by atoms with E-state index in [1.54, 1.807) is 13.8 Å². The third-order valence-corrected chi connectivity index (χ3v) is 4.91. The second-order valence-electron chi connectivity index (χ2n) is 7.17. The maximum Gasteiger partial charge on any atom is 0.331 e. The summed E-state index contributed by atoms with van der Waals surface area (Å²) in [5.41, 5.74) is -0.614. The average Bonchev–Trinajstić information content (AvgIpc) is 3.11. The molecule has 0 aromatic heterocycles. The molecule has 0 aromatic rings. The second-order valence-corrected chi connectivity index (χ2v) is 7.17. The molecular weight excluding hydrogens is 384 g/mol. The minimum Gasteiger partial charge on any atom is -0.464 e. The van der Waals surface area contributed by atoms with E-state index in [2.05, 4.69) is 10.6 Å². The number of hydrogen-bond donors (Lipinski definition) is 4. The topological polar surface area (TPSA) is 151 Å². The number of aliphatic hydroxyl groups is 2. The third kappa shape index (κ3) is 7.98. The van der Waals surface area contributed by atoms with Gasteiger partial charge in [0.1, 0.15) is 0 Å². The number of amides is 2. The maximum atomic E-state index is 12.5. The molecule has 0 aromatic carbocycles. The van der Waals surface area contributed by atoms with Crippen LogP contribution >= 0.6 is 0 Å². The van der Waals surface area contributed by atoms with Gasteiger partial charge >= 0.3 is 11.9 Å². The molecule has 1 aliphatic rings. The SMILES string of the molecule is CCOC(=O)[C@@H](CO)NC(=O)CC1(CC(=O)N[C@H](CO)C(=O)OCC)CCCC1. The van der Waals surface area contributed by atoms with E-state index in [0.29, 0.717) is 12.8 Å². The van der Waals surface area contributed by atoms with E-state index >= 15 is 0 Å². The first-order valence-corrected chi connectivity index (χ1v) is 9.94. The van der Waals surface area contributed by atoms with Crippen LogP contribution in [-0.4, -0.2) is 72.5 Å². The van der Waals surface area contributed by atoms with Gasteiger partial charge in [0.05, 0.1) is 26.4 Å². The minimum atomic E-state index is -1.16. The van der Waals surface area contributed by atoms with E-state index in [-0.39, 0.29) is 26.1 Å². The number of carbonyl (C=O) groups excluding carboxylic acids is 4. The molecule has 166 valence electrons. The van der Waals surface area contributed by atoms with Crippen LogP contribution in [0.5, 0.6) is 0 Å². The van der Waals surface area contributed by atoms with E-state index in [9.17, 15) is 29.4 Å². The summed E-state index contributed by atoms with van der Waals surface area (Å²) >= 11 is 0. The number of hydrogen-bond acceptors (Lipinski definition) is 8. The summed E-state index contributed by atoms with van der Waals surface area (Å²) < 4.78 is 9.62. The number of aliphatic hydroxyl groups excluding tert-OH is 2. The maximum absolute atomic E-state index is 12.5. The zero-order valence-corrected chi connectivity index (χ0v) is 17.1. The van der Waals surface area contributed by atoms with Gasteiger partial charge < -0.3 is 30.3 Å². The summed E-state index contributed by atoms with van der Waals surface area (Å²) in [6.45, 7) is 2.32. The Morgan fingerprint density at radius 3 is 1.52 bits per heavy atom. The molecule has 0 saturated heterocycles. The first kappa shape index (κ1) is 24.8. The Bertz CT molecular complexity index is 531. The Labute approximate surface area is 170 Å². The van der Waals surface area contributed by atoms with Crippen LogP contribution < -0.4 is 10.6 Å². The van der Waals surface area contributed by atoms with Gasteiger partial charge in [0.25, 0.3) is 0 Å². The third-order valence-electron chi connectivity index (χ3n) is 4.91. The van der Waals surface area contributed by atoms with Crippen molar-refractivity contribution in [2.24, 2.45) is 5.41 Å². The van der Waals surface area contributed by atoms with Gasteiger partial charge in [0.15, 0.2) is 12.1 Å². The van der Waals surface area contributed by atoms with Gasteiger partial charge in [-0.05, 0) is 32.1 Å². The van der Waals surface area contributed by atoms with Crippen LogP contribution in [0.1, 0.15) is 52.4 Å². The van der Waals surface area contributed by atoms with Crippen LogP contribution in [0.3, 0.4) is 0 Å². The normalized spacial score (nSPS) is 17.1. The number of carbonyl (C=O) groups is 4. The van der Waals surface area contributed by atoms with Crippen molar-refractivity contribution in [3.8, 4) is 0 Å². The largest absolute Gasteiger partial charge is 0.464 e. The molecule has 0 aliphatic heterocycles. The zero-order valence-electron chi connectivity index (χ0n) is 17.1. The van der Waals surface area contributed by atoms with Crippen molar-refractivity contribution in [3.05, 3.63) is 0 Å². The molecule has 0 bridgehead atoms. The zero-order chi connectivity index (χ0) is 21.9. The Morgan fingerprint density at radius 2 is 1.21 bits per heavy atom. The van der Waals surface area contributed by atoms with Crippen LogP contribution in [0.15, 0.2) is 0 Å². The van der Waals surface area contributed by atoms with E-state index in [1.807, 2.05) is 0 Å². The molecule has 4 N–H and O–H groups in total. The van der Waals surface area contributed by atoms with Gasteiger partial charge in [-0.1, -0.05) is 12.8 Å². The van der Waals surface area contributed by atoms with Crippen molar-refractivity contribution in [1.82, 2.24) is 10.6 Å². The lowest BCUT2D eigenvalue weighted by Gasteiger charge is -2.29. The molecule has 1 rings (SSSR count). The van der Waals surface area contributed by atoms with Gasteiger partial charge in [-0.3, -0.25) is 9.59 Å². The summed E-state index contributed by atoms with van der Waals surface area (Å²) in [5.74, 6) is -2.37. The van der Waals surface area contributed by atoms with Gasteiger partial charge in [-0.25, -0.2) is 9.59 Å². The van der Waals surface area contributed by atoms with E-state index in [4.69, 9.17) is 9.47 Å². The Hall–Kier alpha value is -2.20. The standard InChI is InChI=1S/C19H32N2O8/c1-3-28-17(26)13(11-22)20-15(24)9-19(7-5-6-8-19)10-16(25)21-14(12-23)18(27)29-4-2/h13-14,22-23H,3-12H2,1-2H3,(H,20,24)(H,21,25)/t13-,14-/m1/s1. The van der Waals surface area contributed by atoms with Crippen LogP contribution in [-0.2, 0) is 28.7 Å². The number of esters is 2. The van der Waals surface area contributed by atoms with Crippen molar-refractivity contribution in [2.45, 2.75) is 64.5 Å². The minimum absolute atomic E-state index is 0.000473. The van der Waals surface area contributed by atoms with Gasteiger partial charge in [-0.15, -0.1) is 0 Å². The lowest BCUT2D eigenvalue weighted by atomic mass is 9.78. The van der Waals surface area contributed by atoms with E-state index in [0.717, 1.165) is 12.8 Å². The summed E-state index contributed by atoms with van der Waals surface area (Å²) in [6.07, 6.45) is 2.98. The molecule has 0 heterocycles. The number of ether oxygens (including phenoxy) is 2. The van der Waals surface area contributed by atoms with Crippen LogP contribution in [0.25, 0.3) is 0 Å². The molecule has 0 unspecified atom stereocenters. The smallest absolute Gasteiger partial charge is 0.331 e. The Morgan fingerprint density at radius 1 is 0.828 bits per heavy atom. The predicted octanol–water partition coefficient (Wildman–Crippen LogP) is -0.593. The van der Waals surface area contributed by atoms with Crippen molar-refractivity contribution in [3.63, 3.8) is 0 Å². The van der Waals surface area contributed by atoms with E-state index in [1.165, 1.54) is 0 Å². The molecule has 2 amide bonds. The van der Waals surface area contributed by atoms with Crippen molar-refractivity contribution >= 4 is 23.8 Å². The summed E-state index contributed by atoms with van der Waals surface area (Å²) in [7, 11) is 0. The Kier molecular flexibility index (Phi) is 10.6. The molecule has 29 heavy (non-hydrogen) atoms. The number of nitrogens with one attached hydrogen (secondary N) is 2. The molecule has 1 fully saturated rings. The van der Waals surface area contributed by atoms with Crippen molar-refractivity contribution in [1.29, 1.82) is 0 Å². The fraction of sp³-hybridized carbons (Fsp3) is 0.789. The highest BCUT2D eigenvalue weighted by Crippen LogP contribution is 2.44. The molecule has 0 spiro atoms. The fourth-order valence-corrected chi connectivity index (χ4v) is 3.56. The van der Waals surface area contributed by atoms with Crippen LogP contribution in [0.4, 0.5) is 0 Å². The van der Waals surface area contributed by atoms with Crippen LogP contribution in [0.2, 0.25) is 0 Å². The summed E-state index contributed by atoms with van der Waals surface area (Å²) in [4.78, 5) is 48.4. The van der Waals surface area contributed by atoms with Crippen LogP contribution in [0, 0.1) is 5.41 Å². The van der Waals surface area contributed by atoms with Crippen molar-refractivity contribution < 1.29 is 38.9 Å². The predicted molar refractivity (Wildman–Crippen MR) is 101 cm³/mol. The molecule has 10 heteroatoms. The average molecular weight is 416 g/mol. The molecule has 1 saturated carbocycles. The lowest BCUT2D eigenvalue weighted by molar-refractivity contribution is -0.149. The fourth-order valence-electron chi connectivity index (χ4n) is 3.56. The van der Waals surface area contributed by atoms with Gasteiger partial charge in [0.2, 0.25) is 11.8 Å². The quantitative estimate of drug-likeness (QED) is 0.308.